The van der Waals surface area contributed by atoms with Crippen LogP contribution in [0.4, 0.5) is 22.7 Å². The predicted molar refractivity (Wildman–Crippen MR) is 95.9 cm³/mol. The lowest BCUT2D eigenvalue weighted by Gasteiger charge is -2.18. The highest BCUT2D eigenvalue weighted by Gasteiger charge is 2.09. The van der Waals surface area contributed by atoms with Crippen LogP contribution < -0.4 is 15.5 Å². The first-order valence-electron chi connectivity index (χ1n) is 7.44. The van der Waals surface area contributed by atoms with Gasteiger partial charge in [-0.3, -0.25) is 4.79 Å². The summed E-state index contributed by atoms with van der Waals surface area (Å²) < 4.78 is 0. The van der Waals surface area contributed by atoms with Gasteiger partial charge in [0.1, 0.15) is 5.75 Å². The van der Waals surface area contributed by atoms with Crippen LogP contribution in [0.5, 0.6) is 5.75 Å². The van der Waals surface area contributed by atoms with Gasteiger partial charge in [-0.05, 0) is 55.3 Å². The number of benzene rings is 2. The van der Waals surface area contributed by atoms with Gasteiger partial charge in [-0.1, -0.05) is 0 Å². The Balaban J connectivity index is 2.40. The summed E-state index contributed by atoms with van der Waals surface area (Å²) in [6.45, 7) is 5.20. The van der Waals surface area contributed by atoms with Crippen LogP contribution in [0.25, 0.3) is 0 Å². The molecule has 0 aliphatic rings. The Labute approximate surface area is 136 Å². The zero-order chi connectivity index (χ0) is 17.1. The fraction of sp³-hybridized carbons (Fsp3) is 0.278. The number of aromatic hydroxyl groups is 1. The predicted octanol–water partition coefficient (Wildman–Crippen LogP) is 3.78. The first kappa shape index (κ1) is 16.7. The minimum atomic E-state index is -0.123. The summed E-state index contributed by atoms with van der Waals surface area (Å²) in [5.74, 6) is 0.183. The molecule has 5 nitrogen and oxygen atoms in total. The Kier molecular flexibility index (Phi) is 4.79. The molecule has 1 amide bonds. The van der Waals surface area contributed by atoms with Crippen LogP contribution >= 0.6 is 0 Å². The van der Waals surface area contributed by atoms with E-state index in [0.29, 0.717) is 11.4 Å². The molecule has 0 radical (unpaired) electrons. The Morgan fingerprint density at radius 2 is 1.65 bits per heavy atom. The molecule has 0 spiro atoms. The minimum absolute atomic E-state index is 0.123. The number of nitrogens with one attached hydrogen (secondary N) is 2. The van der Waals surface area contributed by atoms with Crippen molar-refractivity contribution in [2.75, 3.05) is 29.6 Å². The number of nitrogens with zero attached hydrogens (tertiary/aromatic N) is 1. The number of amides is 1. The maximum absolute atomic E-state index is 11.5. The monoisotopic (exact) mass is 313 g/mol. The number of phenols is 1. The Morgan fingerprint density at radius 1 is 1.04 bits per heavy atom. The maximum Gasteiger partial charge on any atom is 0.221 e. The van der Waals surface area contributed by atoms with Gasteiger partial charge in [0.2, 0.25) is 5.91 Å². The van der Waals surface area contributed by atoms with Gasteiger partial charge in [-0.15, -0.1) is 0 Å². The summed E-state index contributed by atoms with van der Waals surface area (Å²) in [4.78, 5) is 13.4. The van der Waals surface area contributed by atoms with Crippen LogP contribution in [0.2, 0.25) is 0 Å². The zero-order valence-corrected chi connectivity index (χ0v) is 14.2. The molecular formula is C18H23N3O2. The third kappa shape index (κ3) is 3.94. The molecule has 0 fully saturated rings. The fourth-order valence-electron chi connectivity index (χ4n) is 2.40. The number of anilines is 4. The van der Waals surface area contributed by atoms with E-state index in [-0.39, 0.29) is 5.91 Å². The van der Waals surface area contributed by atoms with E-state index in [1.54, 1.807) is 0 Å². The number of hydrogen-bond acceptors (Lipinski definition) is 4. The second kappa shape index (κ2) is 6.60. The van der Waals surface area contributed by atoms with Crippen molar-refractivity contribution in [1.82, 2.24) is 0 Å². The third-order valence-corrected chi connectivity index (χ3v) is 3.60. The topological polar surface area (TPSA) is 64.6 Å². The number of aryl methyl sites for hydroxylation is 2. The molecule has 0 atom stereocenters. The van der Waals surface area contributed by atoms with Crippen LogP contribution in [0.15, 0.2) is 30.3 Å². The van der Waals surface area contributed by atoms with Crippen molar-refractivity contribution in [2.24, 2.45) is 0 Å². The Morgan fingerprint density at radius 3 is 2.17 bits per heavy atom. The van der Waals surface area contributed by atoms with Crippen LogP contribution in [0, 0.1) is 13.8 Å². The van der Waals surface area contributed by atoms with Gasteiger partial charge < -0.3 is 20.6 Å². The van der Waals surface area contributed by atoms with Crippen LogP contribution in [-0.2, 0) is 4.79 Å². The minimum Gasteiger partial charge on any atom is -0.507 e. The molecule has 2 aromatic carbocycles. The average Bonchev–Trinajstić information content (AvgIpc) is 2.45. The summed E-state index contributed by atoms with van der Waals surface area (Å²) in [5, 5.41) is 16.0. The molecule has 23 heavy (non-hydrogen) atoms. The van der Waals surface area contributed by atoms with Gasteiger partial charge in [-0.25, -0.2) is 0 Å². The van der Waals surface area contributed by atoms with Gasteiger partial charge >= 0.3 is 0 Å². The Hall–Kier alpha value is -2.69. The molecule has 0 aliphatic heterocycles. The highest BCUT2D eigenvalue weighted by molar-refractivity contribution is 5.94. The van der Waals surface area contributed by atoms with Crippen molar-refractivity contribution < 1.29 is 9.90 Å². The molecule has 122 valence electrons. The summed E-state index contributed by atoms with van der Waals surface area (Å²) >= 11 is 0. The highest BCUT2D eigenvalue weighted by atomic mass is 16.3. The molecular weight excluding hydrogens is 290 g/mol. The standard InChI is InChI=1S/C18H23N3O2/c1-11-8-14(9-12(2)18(11)23)20-16-7-6-15(21(4)5)10-17(16)19-13(3)22/h6-10,20,23H,1-5H3,(H,19,22). The van der Waals surface area contributed by atoms with Crippen molar-refractivity contribution in [3.63, 3.8) is 0 Å². The van der Waals surface area contributed by atoms with E-state index in [0.717, 1.165) is 28.2 Å². The second-order valence-electron chi connectivity index (χ2n) is 5.89. The van der Waals surface area contributed by atoms with E-state index in [2.05, 4.69) is 10.6 Å². The molecule has 0 aromatic heterocycles. The van der Waals surface area contributed by atoms with Gasteiger partial charge in [0.05, 0.1) is 11.4 Å². The van der Waals surface area contributed by atoms with Crippen molar-refractivity contribution in [3.05, 3.63) is 41.5 Å². The molecule has 0 saturated carbocycles. The van der Waals surface area contributed by atoms with E-state index < -0.39 is 0 Å². The maximum atomic E-state index is 11.5. The zero-order valence-electron chi connectivity index (χ0n) is 14.2. The Bertz CT molecular complexity index is 716. The fourth-order valence-corrected chi connectivity index (χ4v) is 2.40. The number of carbonyl (C=O) groups is 1. The molecule has 0 aliphatic carbocycles. The van der Waals surface area contributed by atoms with Crippen LogP contribution in [-0.4, -0.2) is 25.1 Å². The molecule has 0 saturated heterocycles. The van der Waals surface area contributed by atoms with E-state index in [1.165, 1.54) is 6.92 Å². The number of rotatable bonds is 4. The van der Waals surface area contributed by atoms with Crippen LogP contribution in [0.3, 0.4) is 0 Å². The molecule has 0 heterocycles. The van der Waals surface area contributed by atoms with E-state index in [9.17, 15) is 9.90 Å². The first-order valence-corrected chi connectivity index (χ1v) is 7.44. The lowest BCUT2D eigenvalue weighted by atomic mass is 10.1. The first-order chi connectivity index (χ1) is 10.8. The molecule has 2 aromatic rings. The van der Waals surface area contributed by atoms with Crippen LogP contribution in [0.1, 0.15) is 18.1 Å². The summed E-state index contributed by atoms with van der Waals surface area (Å²) in [7, 11) is 3.90. The summed E-state index contributed by atoms with van der Waals surface area (Å²) in [6.07, 6.45) is 0. The highest BCUT2D eigenvalue weighted by Crippen LogP contribution is 2.32. The van der Waals surface area contributed by atoms with E-state index in [4.69, 9.17) is 0 Å². The number of carbonyl (C=O) groups excluding carboxylic acids is 1. The molecule has 3 N–H and O–H groups in total. The number of hydrogen-bond donors (Lipinski definition) is 3. The van der Waals surface area contributed by atoms with E-state index >= 15 is 0 Å². The van der Waals surface area contributed by atoms with Crippen molar-refractivity contribution in [1.29, 1.82) is 0 Å². The van der Waals surface area contributed by atoms with Crippen molar-refractivity contribution in [2.45, 2.75) is 20.8 Å². The molecule has 0 bridgehead atoms. The summed E-state index contributed by atoms with van der Waals surface area (Å²) in [6, 6.07) is 9.58. The third-order valence-electron chi connectivity index (χ3n) is 3.60. The normalized spacial score (nSPS) is 10.3. The van der Waals surface area contributed by atoms with Gasteiger partial charge in [0, 0.05) is 32.4 Å². The largest absolute Gasteiger partial charge is 0.507 e. The second-order valence-corrected chi connectivity index (χ2v) is 5.89. The lowest BCUT2D eigenvalue weighted by molar-refractivity contribution is -0.114. The van der Waals surface area contributed by atoms with Gasteiger partial charge in [0.25, 0.3) is 0 Å². The quantitative estimate of drug-likeness (QED) is 0.752. The molecule has 2 rings (SSSR count). The van der Waals surface area contributed by atoms with E-state index in [1.807, 2.05) is 63.2 Å². The smallest absolute Gasteiger partial charge is 0.221 e. The lowest BCUT2D eigenvalue weighted by Crippen LogP contribution is -2.12. The number of phenolic OH excluding ortho intramolecular Hbond substituents is 1. The SMILES string of the molecule is CC(=O)Nc1cc(N(C)C)ccc1Nc1cc(C)c(O)c(C)c1. The molecule has 0 unspecified atom stereocenters. The van der Waals surface area contributed by atoms with Gasteiger partial charge in [-0.2, -0.15) is 0 Å². The summed E-state index contributed by atoms with van der Waals surface area (Å²) in [5.41, 5.74) is 4.98. The van der Waals surface area contributed by atoms with Crippen molar-refractivity contribution in [3.8, 4) is 5.75 Å². The average molecular weight is 313 g/mol. The van der Waals surface area contributed by atoms with Gasteiger partial charge in [0.15, 0.2) is 0 Å². The van der Waals surface area contributed by atoms with Crippen molar-refractivity contribution >= 4 is 28.7 Å². The molecule has 5 heteroatoms.